The number of rotatable bonds is 5. The van der Waals surface area contributed by atoms with Gasteiger partial charge in [-0.1, -0.05) is 40.7 Å². The van der Waals surface area contributed by atoms with Gasteiger partial charge >= 0.3 is 0 Å². The van der Waals surface area contributed by atoms with Crippen molar-refractivity contribution in [1.82, 2.24) is 9.97 Å². The van der Waals surface area contributed by atoms with E-state index in [9.17, 15) is 0 Å². The molecule has 0 aliphatic carbocycles. The number of nitrogens with zero attached hydrogens (tertiary/aromatic N) is 2. The number of hydrogen-bond acceptors (Lipinski definition) is 2. The Labute approximate surface area is 145 Å². The summed E-state index contributed by atoms with van der Waals surface area (Å²) in [5.41, 5.74) is 9.34. The second-order valence-electron chi connectivity index (χ2n) is 6.36. The van der Waals surface area contributed by atoms with Crippen LogP contribution in [-0.4, -0.2) is 9.97 Å². The van der Waals surface area contributed by atoms with Crippen molar-refractivity contribution in [3.05, 3.63) is 46.3 Å². The third kappa shape index (κ3) is 2.40. The van der Waals surface area contributed by atoms with E-state index in [1.54, 1.807) is 0 Å². The first kappa shape index (κ1) is 16.9. The summed E-state index contributed by atoms with van der Waals surface area (Å²) in [7, 11) is 0. The number of pyridine rings is 2. The maximum atomic E-state index is 5.12. The fourth-order valence-corrected chi connectivity index (χ4v) is 4.27. The van der Waals surface area contributed by atoms with Gasteiger partial charge in [0, 0.05) is 22.7 Å². The Morgan fingerprint density at radius 1 is 0.708 bits per heavy atom. The van der Waals surface area contributed by atoms with E-state index in [-0.39, 0.29) is 0 Å². The molecular weight excluding hydrogens is 292 g/mol. The largest absolute Gasteiger partial charge is 0.254 e. The molecule has 0 N–H and O–H groups in total. The van der Waals surface area contributed by atoms with Crippen LogP contribution in [0.3, 0.4) is 0 Å². The van der Waals surface area contributed by atoms with Crippen molar-refractivity contribution in [3.8, 4) is 0 Å². The highest BCUT2D eigenvalue weighted by Crippen LogP contribution is 2.36. The zero-order chi connectivity index (χ0) is 17.3. The van der Waals surface area contributed by atoms with Crippen molar-refractivity contribution in [3.63, 3.8) is 0 Å². The molecule has 0 saturated carbocycles. The standard InChI is InChI=1S/C22H28N2/c1-6-14-16(8-3)20-17(9-4)15(7-2)19(10-5)24-22(20)21-18(14)12-11-13-23-21/h11-13H,6-10H2,1-5H3. The zero-order valence-corrected chi connectivity index (χ0v) is 15.7. The second kappa shape index (κ2) is 6.88. The topological polar surface area (TPSA) is 25.8 Å². The van der Waals surface area contributed by atoms with Crippen LogP contribution in [-0.2, 0) is 32.1 Å². The van der Waals surface area contributed by atoms with Gasteiger partial charge in [0.2, 0.25) is 0 Å². The predicted octanol–water partition coefficient (Wildman–Crippen LogP) is 5.60. The molecule has 0 spiro atoms. The minimum atomic E-state index is 0.984. The molecule has 0 aliphatic heterocycles. The van der Waals surface area contributed by atoms with Crippen molar-refractivity contribution < 1.29 is 0 Å². The molecule has 0 bridgehead atoms. The lowest BCUT2D eigenvalue weighted by Crippen LogP contribution is -2.07. The van der Waals surface area contributed by atoms with Crippen LogP contribution in [0.2, 0.25) is 0 Å². The summed E-state index contributed by atoms with van der Waals surface area (Å²) in [6.45, 7) is 11.3. The SMILES string of the molecule is CCc1nc2c(c(CC)c1CC)c(CC)c(CC)c1cccnc12. The molecule has 24 heavy (non-hydrogen) atoms. The van der Waals surface area contributed by atoms with Gasteiger partial charge in [0.15, 0.2) is 0 Å². The monoisotopic (exact) mass is 320 g/mol. The molecule has 0 aliphatic rings. The van der Waals surface area contributed by atoms with Crippen molar-refractivity contribution in [2.75, 3.05) is 0 Å². The van der Waals surface area contributed by atoms with E-state index in [0.717, 1.165) is 43.1 Å². The fourth-order valence-electron chi connectivity index (χ4n) is 4.27. The van der Waals surface area contributed by atoms with Gasteiger partial charge in [-0.3, -0.25) is 9.97 Å². The summed E-state index contributed by atoms with van der Waals surface area (Å²) in [5.74, 6) is 0. The Bertz CT molecular complexity index is 894. The molecule has 2 aromatic heterocycles. The number of benzene rings is 1. The summed E-state index contributed by atoms with van der Waals surface area (Å²) >= 11 is 0. The molecule has 2 heteroatoms. The summed E-state index contributed by atoms with van der Waals surface area (Å²) in [5, 5.41) is 2.67. The zero-order valence-electron chi connectivity index (χ0n) is 15.7. The Balaban J connectivity index is 2.65. The maximum Gasteiger partial charge on any atom is 0.0973 e. The van der Waals surface area contributed by atoms with E-state index in [4.69, 9.17) is 9.97 Å². The second-order valence-corrected chi connectivity index (χ2v) is 6.36. The van der Waals surface area contributed by atoms with Crippen LogP contribution < -0.4 is 0 Å². The van der Waals surface area contributed by atoms with Crippen molar-refractivity contribution in [2.45, 2.75) is 66.7 Å². The Hall–Kier alpha value is -1.96. The first-order valence-corrected chi connectivity index (χ1v) is 9.44. The number of aromatic nitrogens is 2. The van der Waals surface area contributed by atoms with Crippen LogP contribution in [0.25, 0.3) is 21.8 Å². The highest BCUT2D eigenvalue weighted by Gasteiger charge is 2.20. The maximum absolute atomic E-state index is 5.12. The summed E-state index contributed by atoms with van der Waals surface area (Å²) in [4.78, 5) is 9.86. The van der Waals surface area contributed by atoms with E-state index < -0.39 is 0 Å². The average Bonchev–Trinajstić information content (AvgIpc) is 2.64. The van der Waals surface area contributed by atoms with Crippen LogP contribution in [0.15, 0.2) is 18.3 Å². The van der Waals surface area contributed by atoms with E-state index >= 15 is 0 Å². The fraction of sp³-hybridized carbons (Fsp3) is 0.455. The normalized spacial score (nSPS) is 11.5. The van der Waals surface area contributed by atoms with Gasteiger partial charge in [0.25, 0.3) is 0 Å². The smallest absolute Gasteiger partial charge is 0.0973 e. The van der Waals surface area contributed by atoms with E-state index in [2.05, 4.69) is 46.8 Å². The van der Waals surface area contributed by atoms with E-state index in [1.165, 1.54) is 38.7 Å². The lowest BCUT2D eigenvalue weighted by molar-refractivity contribution is 0.942. The molecule has 0 radical (unpaired) electrons. The molecule has 3 aromatic rings. The van der Waals surface area contributed by atoms with Gasteiger partial charge in [-0.15, -0.1) is 0 Å². The molecule has 2 heterocycles. The van der Waals surface area contributed by atoms with Gasteiger partial charge in [0.1, 0.15) is 0 Å². The van der Waals surface area contributed by atoms with Crippen LogP contribution in [0.5, 0.6) is 0 Å². The van der Waals surface area contributed by atoms with Gasteiger partial charge in [-0.05, 0) is 60.4 Å². The Morgan fingerprint density at radius 2 is 1.33 bits per heavy atom. The van der Waals surface area contributed by atoms with Crippen molar-refractivity contribution in [2.24, 2.45) is 0 Å². The van der Waals surface area contributed by atoms with Crippen LogP contribution >= 0.6 is 0 Å². The number of hydrogen-bond donors (Lipinski definition) is 0. The minimum Gasteiger partial charge on any atom is -0.254 e. The van der Waals surface area contributed by atoms with Crippen LogP contribution in [0.1, 0.15) is 62.6 Å². The van der Waals surface area contributed by atoms with Gasteiger partial charge in [-0.25, -0.2) is 0 Å². The summed E-state index contributed by atoms with van der Waals surface area (Å²) < 4.78 is 0. The summed E-state index contributed by atoms with van der Waals surface area (Å²) in [6.07, 6.45) is 7.09. The molecule has 1 aromatic carbocycles. The van der Waals surface area contributed by atoms with Crippen LogP contribution in [0, 0.1) is 0 Å². The highest BCUT2D eigenvalue weighted by molar-refractivity contribution is 6.08. The van der Waals surface area contributed by atoms with Gasteiger partial charge in [-0.2, -0.15) is 0 Å². The molecule has 126 valence electrons. The predicted molar refractivity (Wildman–Crippen MR) is 104 cm³/mol. The first-order chi connectivity index (χ1) is 11.7. The molecule has 0 atom stereocenters. The number of fused-ring (bicyclic) bond motifs is 3. The Kier molecular flexibility index (Phi) is 4.84. The van der Waals surface area contributed by atoms with E-state index in [0.29, 0.717) is 0 Å². The minimum absolute atomic E-state index is 0.984. The van der Waals surface area contributed by atoms with Crippen molar-refractivity contribution >= 4 is 21.8 Å². The lowest BCUT2D eigenvalue weighted by atomic mass is 9.87. The molecular formula is C22H28N2. The van der Waals surface area contributed by atoms with Crippen molar-refractivity contribution in [1.29, 1.82) is 0 Å². The molecule has 0 unspecified atom stereocenters. The summed E-state index contributed by atoms with van der Waals surface area (Å²) in [6, 6.07) is 4.26. The number of aryl methyl sites for hydroxylation is 4. The quantitative estimate of drug-likeness (QED) is 0.572. The third-order valence-electron chi connectivity index (χ3n) is 5.27. The van der Waals surface area contributed by atoms with Crippen LogP contribution in [0.4, 0.5) is 0 Å². The first-order valence-electron chi connectivity index (χ1n) is 9.44. The van der Waals surface area contributed by atoms with Gasteiger partial charge < -0.3 is 0 Å². The Morgan fingerprint density at radius 3 is 1.92 bits per heavy atom. The highest BCUT2D eigenvalue weighted by atomic mass is 14.8. The molecule has 0 saturated heterocycles. The molecule has 0 amide bonds. The van der Waals surface area contributed by atoms with Gasteiger partial charge in [0.05, 0.1) is 11.0 Å². The van der Waals surface area contributed by atoms with E-state index in [1.807, 2.05) is 6.20 Å². The molecule has 3 rings (SSSR count). The average molecular weight is 320 g/mol. The lowest BCUT2D eigenvalue weighted by Gasteiger charge is -2.21. The molecule has 2 nitrogen and oxygen atoms in total. The third-order valence-corrected chi connectivity index (χ3v) is 5.27. The molecule has 0 fully saturated rings.